The van der Waals surface area contributed by atoms with Crippen LogP contribution in [0.25, 0.3) is 11.3 Å². The molecule has 2 aliphatic heterocycles. The van der Waals surface area contributed by atoms with Crippen LogP contribution in [0, 0.1) is 5.41 Å². The highest BCUT2D eigenvalue weighted by atomic mass is 16.3. The second kappa shape index (κ2) is 12.9. The summed E-state index contributed by atoms with van der Waals surface area (Å²) in [4.78, 5) is 52.8. The fraction of sp³-hybridized carbons (Fsp3) is 0.378. The summed E-state index contributed by atoms with van der Waals surface area (Å²) in [5.41, 5.74) is 6.31. The summed E-state index contributed by atoms with van der Waals surface area (Å²) in [7, 11) is 1.63. The fourth-order valence-corrected chi connectivity index (χ4v) is 7.52. The summed E-state index contributed by atoms with van der Waals surface area (Å²) < 4.78 is 3.56. The summed E-state index contributed by atoms with van der Waals surface area (Å²) in [6, 6.07) is 9.48. The van der Waals surface area contributed by atoms with E-state index in [-0.39, 0.29) is 41.3 Å². The molecule has 0 radical (unpaired) electrons. The Morgan fingerprint density at radius 2 is 1.98 bits per heavy atom. The van der Waals surface area contributed by atoms with Crippen molar-refractivity contribution in [3.8, 4) is 11.3 Å². The van der Waals surface area contributed by atoms with Gasteiger partial charge in [-0.15, -0.1) is 0 Å². The summed E-state index contributed by atoms with van der Waals surface area (Å²) in [6.07, 6.45) is 6.29. The lowest BCUT2D eigenvalue weighted by Gasteiger charge is -2.37. The molecule has 3 aromatic heterocycles. The molecule has 0 bridgehead atoms. The molecule has 50 heavy (non-hydrogen) atoms. The smallest absolute Gasteiger partial charge is 0.293 e. The maximum absolute atomic E-state index is 13.9. The number of aliphatic hydroxyl groups excluding tert-OH is 1. The van der Waals surface area contributed by atoms with Crippen LogP contribution in [0.1, 0.15) is 48.1 Å². The van der Waals surface area contributed by atoms with Crippen LogP contribution in [-0.4, -0.2) is 68.2 Å². The third-order valence-corrected chi connectivity index (χ3v) is 9.93. The molecular weight excluding hydrogens is 634 g/mol. The van der Waals surface area contributed by atoms with Crippen LogP contribution < -0.4 is 31.3 Å². The number of carbonyl (C=O) groups excluding carboxylic acids is 2. The number of fused-ring (bicyclic) bond motifs is 3. The summed E-state index contributed by atoms with van der Waals surface area (Å²) in [5, 5.41) is 20.1. The predicted molar refractivity (Wildman–Crippen MR) is 194 cm³/mol. The number of aliphatic hydroxyl groups is 1. The monoisotopic (exact) mass is 677 g/mol. The number of nitrogens with one attached hydrogen (secondary N) is 3. The zero-order chi connectivity index (χ0) is 35.3. The number of benzene rings is 1. The normalized spacial score (nSPS) is 18.1. The van der Waals surface area contributed by atoms with E-state index in [2.05, 4.69) is 57.8 Å². The van der Waals surface area contributed by atoms with E-state index in [0.29, 0.717) is 52.8 Å². The van der Waals surface area contributed by atoms with Crippen LogP contribution in [0.2, 0.25) is 0 Å². The van der Waals surface area contributed by atoms with Gasteiger partial charge in [0.1, 0.15) is 11.5 Å². The number of pyridine rings is 1. The van der Waals surface area contributed by atoms with Gasteiger partial charge in [0.15, 0.2) is 5.82 Å². The van der Waals surface area contributed by atoms with E-state index in [9.17, 15) is 19.5 Å². The number of carbonyl (C=O) groups is 2. The predicted octanol–water partition coefficient (Wildman–Crippen LogP) is 3.59. The van der Waals surface area contributed by atoms with Crippen molar-refractivity contribution in [2.75, 3.05) is 46.6 Å². The molecule has 5 heterocycles. The first kappa shape index (κ1) is 33.2. The third-order valence-electron chi connectivity index (χ3n) is 9.93. The molecule has 1 fully saturated rings. The van der Waals surface area contributed by atoms with Crippen molar-refractivity contribution in [3.63, 3.8) is 0 Å². The van der Waals surface area contributed by atoms with E-state index in [1.807, 2.05) is 18.2 Å². The van der Waals surface area contributed by atoms with Gasteiger partial charge in [0.05, 0.1) is 23.7 Å². The Morgan fingerprint density at radius 1 is 1.16 bits per heavy atom. The third kappa shape index (κ3) is 5.96. The van der Waals surface area contributed by atoms with Crippen LogP contribution in [0.15, 0.2) is 60.2 Å². The quantitative estimate of drug-likeness (QED) is 0.205. The van der Waals surface area contributed by atoms with Gasteiger partial charge in [0, 0.05) is 80.7 Å². The minimum atomic E-state index is -0.389. The zero-order valence-corrected chi connectivity index (χ0v) is 28.9. The highest BCUT2D eigenvalue weighted by Crippen LogP contribution is 2.40. The minimum absolute atomic E-state index is 0.0563. The first-order chi connectivity index (χ1) is 24.0. The van der Waals surface area contributed by atoms with E-state index in [4.69, 9.17) is 4.98 Å². The number of hydrogen-bond donors (Lipinski definition) is 4. The lowest BCUT2D eigenvalue weighted by molar-refractivity contribution is -0.111. The molecule has 1 atom stereocenters. The van der Waals surface area contributed by atoms with E-state index >= 15 is 0 Å². The fourth-order valence-electron chi connectivity index (χ4n) is 7.52. The average molecular weight is 678 g/mol. The van der Waals surface area contributed by atoms with Crippen LogP contribution in [0.5, 0.6) is 0 Å². The lowest BCUT2D eigenvalue weighted by atomic mass is 9.90. The van der Waals surface area contributed by atoms with Crippen LogP contribution >= 0.6 is 0 Å². The van der Waals surface area contributed by atoms with E-state index in [0.717, 1.165) is 38.2 Å². The van der Waals surface area contributed by atoms with E-state index in [1.165, 1.54) is 21.9 Å². The van der Waals surface area contributed by atoms with Crippen molar-refractivity contribution >= 4 is 40.5 Å². The largest absolute Gasteiger partial charge is 0.392 e. The second-order valence-electron chi connectivity index (χ2n) is 14.1. The first-order valence-electron chi connectivity index (χ1n) is 17.0. The van der Waals surface area contributed by atoms with Gasteiger partial charge in [-0.1, -0.05) is 20.4 Å². The lowest BCUT2D eigenvalue weighted by Crippen LogP contribution is -2.50. The van der Waals surface area contributed by atoms with Crippen molar-refractivity contribution in [1.29, 1.82) is 0 Å². The Labute approximate surface area is 290 Å². The number of piperazine rings is 1. The average Bonchev–Trinajstić information content (AvgIpc) is 3.59. The minimum Gasteiger partial charge on any atom is -0.392 e. The Balaban J connectivity index is 1.21. The molecule has 0 saturated carbocycles. The Hall–Kier alpha value is -5.27. The number of nitrogens with zero attached hydrogens (tertiary/aromatic N) is 6. The molecule has 0 spiro atoms. The number of aromatic nitrogens is 4. The second-order valence-corrected chi connectivity index (χ2v) is 14.1. The van der Waals surface area contributed by atoms with Crippen molar-refractivity contribution in [2.24, 2.45) is 12.5 Å². The van der Waals surface area contributed by atoms with E-state index in [1.54, 1.807) is 36.5 Å². The standard InChI is InChI=1S/C37H43N9O4/c1-6-32(48)41-27-16-24(7-8-29(27)44-12-11-38-19-22(44)2)40-33-36(50)43(5)20-28(42-33)25-9-10-39-34(26(25)21-47)46-14-13-45-30(35(46)49)15-23-17-37(3,4)18-31(23)45/h6-10,15-16,20,22,38,47H,1,11-14,17-19,21H2,2-5H3,(H,40,42)(H,41,48)/t22-/m0/s1. The van der Waals surface area contributed by atoms with Crippen molar-refractivity contribution in [2.45, 2.75) is 52.8 Å². The van der Waals surface area contributed by atoms with Gasteiger partial charge in [-0.3, -0.25) is 19.3 Å². The molecule has 3 aliphatic rings. The molecule has 1 saturated heterocycles. The number of anilines is 5. The number of amides is 2. The Bertz CT molecular complexity index is 2080. The molecule has 7 rings (SSSR count). The van der Waals surface area contributed by atoms with Crippen molar-refractivity contribution in [1.82, 2.24) is 24.4 Å². The number of aryl methyl sites for hydroxylation is 1. The molecule has 4 N–H and O–H groups in total. The van der Waals surface area contributed by atoms with Gasteiger partial charge in [0.2, 0.25) is 5.91 Å². The van der Waals surface area contributed by atoms with Gasteiger partial charge in [-0.25, -0.2) is 9.97 Å². The number of hydrogen-bond acceptors (Lipinski definition) is 9. The zero-order valence-electron chi connectivity index (χ0n) is 28.9. The molecule has 4 aromatic rings. The van der Waals surface area contributed by atoms with Gasteiger partial charge >= 0.3 is 0 Å². The maximum Gasteiger partial charge on any atom is 0.293 e. The maximum atomic E-state index is 13.9. The van der Waals surface area contributed by atoms with Gasteiger partial charge in [-0.2, -0.15) is 0 Å². The van der Waals surface area contributed by atoms with Gasteiger partial charge in [-0.05, 0) is 67.2 Å². The van der Waals surface area contributed by atoms with Gasteiger partial charge in [0.25, 0.3) is 11.5 Å². The van der Waals surface area contributed by atoms with E-state index < -0.39 is 0 Å². The summed E-state index contributed by atoms with van der Waals surface area (Å²) in [5.74, 6) is -0.0773. The molecule has 13 nitrogen and oxygen atoms in total. The van der Waals surface area contributed by atoms with Crippen LogP contribution in [-0.2, 0) is 37.8 Å². The highest BCUT2D eigenvalue weighted by Gasteiger charge is 2.37. The molecule has 0 unspecified atom stereocenters. The highest BCUT2D eigenvalue weighted by molar-refractivity contribution is 6.06. The molecule has 13 heteroatoms. The first-order valence-corrected chi connectivity index (χ1v) is 17.0. The van der Waals surface area contributed by atoms with Crippen LogP contribution in [0.3, 0.4) is 0 Å². The SMILES string of the molecule is C=CC(=O)Nc1cc(Nc2nc(-c3ccnc(N4CCn5c(cc6c5CC(C)(C)C6)C4=O)c3CO)cn(C)c2=O)ccc1N1CCNC[C@@H]1C. The van der Waals surface area contributed by atoms with Crippen LogP contribution in [0.4, 0.5) is 28.7 Å². The molecule has 2 amide bonds. The summed E-state index contributed by atoms with van der Waals surface area (Å²) >= 11 is 0. The molecular formula is C37H43N9O4. The molecule has 260 valence electrons. The Kier molecular flexibility index (Phi) is 8.56. The van der Waals surface area contributed by atoms with Crippen molar-refractivity contribution in [3.05, 3.63) is 88.2 Å². The Morgan fingerprint density at radius 3 is 2.74 bits per heavy atom. The van der Waals surface area contributed by atoms with Gasteiger partial charge < -0.3 is 35.1 Å². The topological polar surface area (TPSA) is 150 Å². The molecule has 1 aliphatic carbocycles. The molecule has 1 aromatic carbocycles. The summed E-state index contributed by atoms with van der Waals surface area (Å²) in [6.45, 7) is 13.3. The van der Waals surface area contributed by atoms with Crippen molar-refractivity contribution < 1.29 is 14.7 Å². The number of rotatable bonds is 8.